The van der Waals surface area contributed by atoms with E-state index in [-0.39, 0.29) is 30.3 Å². The molecule has 29 heavy (non-hydrogen) atoms. The molecule has 2 aromatic rings. The molecule has 0 fully saturated rings. The maximum Gasteiger partial charge on any atom is 0.258 e. The summed E-state index contributed by atoms with van der Waals surface area (Å²) in [4.78, 5) is 24.2. The van der Waals surface area contributed by atoms with Gasteiger partial charge in [-0.15, -0.1) is 0 Å². The van der Waals surface area contributed by atoms with Gasteiger partial charge in [0.15, 0.2) is 0 Å². The first-order chi connectivity index (χ1) is 13.7. The normalized spacial score (nSPS) is 11.3. The highest BCUT2D eigenvalue weighted by atomic mass is 32.2. The Bertz CT molecular complexity index is 1000. The number of rotatable bonds is 8. The first kappa shape index (κ1) is 22.5. The van der Waals surface area contributed by atoms with Crippen molar-refractivity contribution in [1.82, 2.24) is 9.62 Å². The van der Waals surface area contributed by atoms with E-state index < -0.39 is 27.3 Å². The van der Waals surface area contributed by atoms with Crippen LogP contribution in [0.3, 0.4) is 0 Å². The number of para-hydroxylation sites is 1. The number of nitrogens with one attached hydrogen (secondary N) is 2. The van der Waals surface area contributed by atoms with Crippen LogP contribution in [0.2, 0.25) is 0 Å². The van der Waals surface area contributed by atoms with Crippen LogP contribution in [-0.2, 0) is 21.2 Å². The van der Waals surface area contributed by atoms with E-state index >= 15 is 0 Å². The lowest BCUT2D eigenvalue weighted by Gasteiger charge is -2.19. The molecule has 0 aliphatic rings. The lowest BCUT2D eigenvalue weighted by atomic mass is 10.1. The van der Waals surface area contributed by atoms with E-state index in [1.807, 2.05) is 0 Å². The van der Waals surface area contributed by atoms with Crippen molar-refractivity contribution in [1.29, 1.82) is 0 Å². The van der Waals surface area contributed by atoms with Crippen LogP contribution in [0.15, 0.2) is 47.4 Å². The minimum Gasteiger partial charge on any atom is -0.359 e. The fourth-order valence-corrected chi connectivity index (χ4v) is 4.28. The Balaban J connectivity index is 2.37. The molecule has 0 aliphatic heterocycles. The number of sulfonamides is 1. The number of anilines is 1. The molecule has 0 heterocycles. The van der Waals surface area contributed by atoms with Crippen molar-refractivity contribution in [2.24, 2.45) is 0 Å². The summed E-state index contributed by atoms with van der Waals surface area (Å²) in [5.74, 6) is -1.89. The number of hydrogen-bond donors (Lipinski definition) is 2. The molecule has 0 saturated heterocycles. The van der Waals surface area contributed by atoms with Gasteiger partial charge < -0.3 is 10.6 Å². The minimum atomic E-state index is -3.84. The minimum absolute atomic E-state index is 0.0335. The molecule has 0 aliphatic carbocycles. The molecule has 2 N–H and O–H groups in total. The van der Waals surface area contributed by atoms with E-state index in [0.29, 0.717) is 11.3 Å². The van der Waals surface area contributed by atoms with Gasteiger partial charge in [-0.3, -0.25) is 9.59 Å². The van der Waals surface area contributed by atoms with Gasteiger partial charge in [-0.05, 0) is 29.8 Å². The van der Waals surface area contributed by atoms with Gasteiger partial charge in [-0.1, -0.05) is 32.0 Å². The summed E-state index contributed by atoms with van der Waals surface area (Å²) in [6.07, 6.45) is 0.0335. The Labute approximate surface area is 170 Å². The Kier molecular flexibility index (Phi) is 7.46. The van der Waals surface area contributed by atoms with Gasteiger partial charge in [-0.2, -0.15) is 4.31 Å². The molecular weight excluding hydrogens is 397 g/mol. The lowest BCUT2D eigenvalue weighted by Crippen LogP contribution is -2.31. The topological polar surface area (TPSA) is 95.6 Å². The summed E-state index contributed by atoms with van der Waals surface area (Å²) in [6.45, 7) is 3.90. The Hall–Kier alpha value is -2.78. The number of amides is 2. The monoisotopic (exact) mass is 421 g/mol. The number of carbonyl (C=O) groups is 2. The fourth-order valence-electron chi connectivity index (χ4n) is 2.80. The number of hydrogen-bond acceptors (Lipinski definition) is 4. The highest BCUT2D eigenvalue weighted by Crippen LogP contribution is 2.22. The molecule has 9 heteroatoms. The van der Waals surface area contributed by atoms with Gasteiger partial charge >= 0.3 is 0 Å². The van der Waals surface area contributed by atoms with Crippen molar-refractivity contribution in [2.75, 3.05) is 25.5 Å². The zero-order valence-corrected chi connectivity index (χ0v) is 17.3. The van der Waals surface area contributed by atoms with Crippen LogP contribution in [-0.4, -0.2) is 44.7 Å². The van der Waals surface area contributed by atoms with Gasteiger partial charge in [0, 0.05) is 25.8 Å². The van der Waals surface area contributed by atoms with Crippen LogP contribution < -0.4 is 10.6 Å². The second-order valence-corrected chi connectivity index (χ2v) is 8.13. The third-order valence-corrected chi connectivity index (χ3v) is 6.47. The quantitative estimate of drug-likeness (QED) is 0.684. The SMILES string of the molecule is CCN(CC)S(=O)(=O)c1ccc(F)c(C(=O)Nc2ccccc2CC(=O)NC)c1. The van der Waals surface area contributed by atoms with Crippen LogP contribution in [0.5, 0.6) is 0 Å². The van der Waals surface area contributed by atoms with E-state index in [4.69, 9.17) is 0 Å². The number of halogens is 1. The largest absolute Gasteiger partial charge is 0.359 e. The standard InChI is InChI=1S/C20H24FN3O4S/c1-4-24(5-2)29(27,28)15-10-11-17(21)16(13-15)20(26)23-18-9-7-6-8-14(18)12-19(25)22-3/h6-11,13H,4-5,12H2,1-3H3,(H,22,25)(H,23,26). The molecule has 2 aromatic carbocycles. The molecule has 2 amide bonds. The Morgan fingerprint density at radius 1 is 1.07 bits per heavy atom. The van der Waals surface area contributed by atoms with Crippen molar-refractivity contribution in [3.63, 3.8) is 0 Å². The number of nitrogens with zero attached hydrogens (tertiary/aromatic N) is 1. The Morgan fingerprint density at radius 2 is 1.72 bits per heavy atom. The second-order valence-electron chi connectivity index (χ2n) is 6.19. The van der Waals surface area contributed by atoms with Gasteiger partial charge in [0.25, 0.3) is 5.91 Å². The predicted octanol–water partition coefficient (Wildman–Crippen LogP) is 2.40. The molecule has 0 radical (unpaired) electrons. The van der Waals surface area contributed by atoms with Crippen molar-refractivity contribution < 1.29 is 22.4 Å². The van der Waals surface area contributed by atoms with Crippen molar-refractivity contribution in [2.45, 2.75) is 25.2 Å². The van der Waals surface area contributed by atoms with Crippen LogP contribution in [0, 0.1) is 5.82 Å². The maximum absolute atomic E-state index is 14.3. The molecule has 156 valence electrons. The van der Waals surface area contributed by atoms with Crippen molar-refractivity contribution in [3.8, 4) is 0 Å². The van der Waals surface area contributed by atoms with Gasteiger partial charge in [0.05, 0.1) is 16.9 Å². The summed E-state index contributed by atoms with van der Waals surface area (Å²) >= 11 is 0. The average Bonchev–Trinajstić information content (AvgIpc) is 2.70. The van der Waals surface area contributed by atoms with Crippen LogP contribution in [0.4, 0.5) is 10.1 Å². The van der Waals surface area contributed by atoms with E-state index in [1.54, 1.807) is 38.1 Å². The molecule has 0 aromatic heterocycles. The lowest BCUT2D eigenvalue weighted by molar-refractivity contribution is -0.119. The van der Waals surface area contributed by atoms with Gasteiger partial charge in [-0.25, -0.2) is 12.8 Å². The first-order valence-corrected chi connectivity index (χ1v) is 10.6. The zero-order valence-electron chi connectivity index (χ0n) is 16.5. The molecular formula is C20H24FN3O4S. The summed E-state index contributed by atoms with van der Waals surface area (Å²) in [5, 5.41) is 5.06. The molecule has 0 spiro atoms. The van der Waals surface area contributed by atoms with Crippen LogP contribution >= 0.6 is 0 Å². The van der Waals surface area contributed by atoms with Crippen LogP contribution in [0.25, 0.3) is 0 Å². The molecule has 2 rings (SSSR count). The Morgan fingerprint density at radius 3 is 2.34 bits per heavy atom. The summed E-state index contributed by atoms with van der Waals surface area (Å²) < 4.78 is 40.9. The van der Waals surface area contributed by atoms with E-state index in [9.17, 15) is 22.4 Å². The van der Waals surface area contributed by atoms with Crippen LogP contribution in [0.1, 0.15) is 29.8 Å². The molecule has 0 saturated carbocycles. The van der Waals surface area contributed by atoms with E-state index in [0.717, 1.165) is 18.2 Å². The molecule has 0 atom stereocenters. The summed E-state index contributed by atoms with van der Waals surface area (Å²) in [7, 11) is -2.34. The molecule has 0 bridgehead atoms. The third-order valence-electron chi connectivity index (χ3n) is 4.42. The first-order valence-electron chi connectivity index (χ1n) is 9.14. The number of carbonyl (C=O) groups excluding carboxylic acids is 2. The predicted molar refractivity (Wildman–Crippen MR) is 109 cm³/mol. The van der Waals surface area contributed by atoms with E-state index in [2.05, 4.69) is 10.6 Å². The summed E-state index contributed by atoms with van der Waals surface area (Å²) in [5.41, 5.74) is 0.498. The van der Waals surface area contributed by atoms with E-state index in [1.165, 1.54) is 11.4 Å². The maximum atomic E-state index is 14.3. The average molecular weight is 421 g/mol. The van der Waals surface area contributed by atoms with Crippen molar-refractivity contribution >= 4 is 27.5 Å². The van der Waals surface area contributed by atoms with Gasteiger partial charge in [0.1, 0.15) is 5.82 Å². The zero-order chi connectivity index (χ0) is 21.6. The molecule has 7 nitrogen and oxygen atoms in total. The fraction of sp³-hybridized carbons (Fsp3) is 0.300. The highest BCUT2D eigenvalue weighted by molar-refractivity contribution is 7.89. The second kappa shape index (κ2) is 9.62. The van der Waals surface area contributed by atoms with Gasteiger partial charge in [0.2, 0.25) is 15.9 Å². The summed E-state index contributed by atoms with van der Waals surface area (Å²) in [6, 6.07) is 9.76. The number of benzene rings is 2. The molecule has 0 unspecified atom stereocenters. The van der Waals surface area contributed by atoms with Crippen molar-refractivity contribution in [3.05, 3.63) is 59.4 Å². The smallest absolute Gasteiger partial charge is 0.258 e. The third kappa shape index (κ3) is 5.18. The highest BCUT2D eigenvalue weighted by Gasteiger charge is 2.24. The number of likely N-dealkylation sites (N-methyl/N-ethyl adjacent to an activating group) is 1.